The van der Waals surface area contributed by atoms with Crippen LogP contribution in [0.5, 0.6) is 0 Å². The highest BCUT2D eigenvalue weighted by atomic mass is 16.5. The lowest BCUT2D eigenvalue weighted by molar-refractivity contribution is -0.124. The molecule has 0 saturated carbocycles. The van der Waals surface area contributed by atoms with Crippen molar-refractivity contribution in [2.24, 2.45) is 5.92 Å². The van der Waals surface area contributed by atoms with Gasteiger partial charge in [-0.1, -0.05) is 6.42 Å². The Bertz CT molecular complexity index is 193. The predicted molar refractivity (Wildman–Crippen MR) is 54.2 cm³/mol. The van der Waals surface area contributed by atoms with E-state index in [1.165, 1.54) is 19.3 Å². The summed E-state index contributed by atoms with van der Waals surface area (Å²) in [6.45, 7) is 4.32. The van der Waals surface area contributed by atoms with Crippen LogP contribution in [0, 0.1) is 5.92 Å². The van der Waals surface area contributed by atoms with Crippen LogP contribution in [0.1, 0.15) is 25.7 Å². The predicted octanol–water partition coefficient (Wildman–Crippen LogP) is 1.08. The molecule has 2 aliphatic rings. The van der Waals surface area contributed by atoms with Crippen LogP contribution in [0.25, 0.3) is 0 Å². The van der Waals surface area contributed by atoms with Crippen LogP contribution in [0.2, 0.25) is 0 Å². The van der Waals surface area contributed by atoms with E-state index in [1.807, 2.05) is 0 Å². The van der Waals surface area contributed by atoms with Gasteiger partial charge in [0.25, 0.3) is 0 Å². The SMILES string of the molecule is O=C(CN1CCCCC1)C1CCOC1. The van der Waals surface area contributed by atoms with E-state index in [1.54, 1.807) is 0 Å². The van der Waals surface area contributed by atoms with Crippen molar-refractivity contribution in [1.82, 2.24) is 4.90 Å². The molecular formula is C11H19NO2. The number of ether oxygens (including phenoxy) is 1. The Labute approximate surface area is 85.4 Å². The Morgan fingerprint density at radius 2 is 2.07 bits per heavy atom. The first kappa shape index (κ1) is 10.1. The molecule has 1 unspecified atom stereocenters. The van der Waals surface area contributed by atoms with Gasteiger partial charge in [-0.25, -0.2) is 0 Å². The Morgan fingerprint density at radius 1 is 1.29 bits per heavy atom. The largest absolute Gasteiger partial charge is 0.381 e. The highest BCUT2D eigenvalue weighted by molar-refractivity contribution is 5.83. The van der Waals surface area contributed by atoms with E-state index in [4.69, 9.17) is 4.74 Å². The number of rotatable bonds is 3. The highest BCUT2D eigenvalue weighted by Crippen LogP contribution is 2.15. The van der Waals surface area contributed by atoms with Crippen molar-refractivity contribution < 1.29 is 9.53 Å². The third-order valence-corrected chi connectivity index (χ3v) is 3.21. The highest BCUT2D eigenvalue weighted by Gasteiger charge is 2.25. The van der Waals surface area contributed by atoms with E-state index in [9.17, 15) is 4.79 Å². The van der Waals surface area contributed by atoms with Crippen molar-refractivity contribution >= 4 is 5.78 Å². The summed E-state index contributed by atoms with van der Waals surface area (Å²) in [4.78, 5) is 14.1. The number of piperidine rings is 1. The monoisotopic (exact) mass is 197 g/mol. The number of carbonyl (C=O) groups is 1. The minimum atomic E-state index is 0.192. The van der Waals surface area contributed by atoms with Crippen LogP contribution in [0.4, 0.5) is 0 Å². The molecule has 0 aromatic heterocycles. The summed E-state index contributed by atoms with van der Waals surface area (Å²) in [5, 5.41) is 0. The fraction of sp³-hybridized carbons (Fsp3) is 0.909. The molecule has 3 nitrogen and oxygen atoms in total. The summed E-state index contributed by atoms with van der Waals surface area (Å²) < 4.78 is 5.23. The van der Waals surface area contributed by atoms with E-state index in [0.717, 1.165) is 26.1 Å². The van der Waals surface area contributed by atoms with Gasteiger partial charge in [-0.15, -0.1) is 0 Å². The number of Topliss-reactive ketones (excluding diaryl/α,β-unsaturated/α-hetero) is 1. The molecule has 0 radical (unpaired) electrons. The number of likely N-dealkylation sites (tertiary alicyclic amines) is 1. The molecule has 0 amide bonds. The van der Waals surface area contributed by atoms with Crippen LogP contribution >= 0.6 is 0 Å². The molecule has 80 valence electrons. The average molecular weight is 197 g/mol. The molecule has 1 atom stereocenters. The zero-order valence-corrected chi connectivity index (χ0v) is 8.71. The average Bonchev–Trinajstić information content (AvgIpc) is 2.72. The smallest absolute Gasteiger partial charge is 0.152 e. The van der Waals surface area contributed by atoms with Crippen molar-refractivity contribution in [3.05, 3.63) is 0 Å². The van der Waals surface area contributed by atoms with E-state index < -0.39 is 0 Å². The molecular weight excluding hydrogens is 178 g/mol. The Balaban J connectivity index is 1.75. The van der Waals surface area contributed by atoms with Crippen molar-refractivity contribution in [3.63, 3.8) is 0 Å². The van der Waals surface area contributed by atoms with Gasteiger partial charge in [0.1, 0.15) is 0 Å². The molecule has 0 aliphatic carbocycles. The second-order valence-electron chi connectivity index (χ2n) is 4.36. The molecule has 2 rings (SSSR count). The van der Waals surface area contributed by atoms with Gasteiger partial charge >= 0.3 is 0 Å². The minimum absolute atomic E-state index is 0.192. The molecule has 2 aliphatic heterocycles. The molecule has 14 heavy (non-hydrogen) atoms. The number of carbonyl (C=O) groups excluding carboxylic acids is 1. The summed E-state index contributed by atoms with van der Waals surface area (Å²) in [6.07, 6.45) is 4.78. The summed E-state index contributed by atoms with van der Waals surface area (Å²) in [6, 6.07) is 0. The number of nitrogens with zero attached hydrogens (tertiary/aromatic N) is 1. The zero-order valence-electron chi connectivity index (χ0n) is 8.71. The van der Waals surface area contributed by atoms with Gasteiger partial charge < -0.3 is 4.74 Å². The van der Waals surface area contributed by atoms with Gasteiger partial charge in [0.15, 0.2) is 5.78 Å². The Morgan fingerprint density at radius 3 is 2.71 bits per heavy atom. The van der Waals surface area contributed by atoms with Gasteiger partial charge in [0.2, 0.25) is 0 Å². The number of ketones is 1. The molecule has 2 fully saturated rings. The maximum absolute atomic E-state index is 11.8. The van der Waals surface area contributed by atoms with E-state index >= 15 is 0 Å². The quantitative estimate of drug-likeness (QED) is 0.678. The topological polar surface area (TPSA) is 29.5 Å². The van der Waals surface area contributed by atoms with Crippen molar-refractivity contribution in [1.29, 1.82) is 0 Å². The fourth-order valence-corrected chi connectivity index (χ4v) is 2.26. The lowest BCUT2D eigenvalue weighted by Gasteiger charge is -2.26. The van der Waals surface area contributed by atoms with E-state index in [0.29, 0.717) is 18.9 Å². The lowest BCUT2D eigenvalue weighted by Crippen LogP contribution is -2.37. The summed E-state index contributed by atoms with van der Waals surface area (Å²) in [5.41, 5.74) is 0. The third kappa shape index (κ3) is 2.55. The normalized spacial score (nSPS) is 29.3. The van der Waals surface area contributed by atoms with Gasteiger partial charge in [0.05, 0.1) is 13.2 Å². The molecule has 0 spiro atoms. The standard InChI is InChI=1S/C11H19NO2/c13-11(10-4-7-14-9-10)8-12-5-2-1-3-6-12/h10H,1-9H2. The van der Waals surface area contributed by atoms with Gasteiger partial charge in [-0.3, -0.25) is 9.69 Å². The number of hydrogen-bond donors (Lipinski definition) is 0. The van der Waals surface area contributed by atoms with E-state index in [2.05, 4.69) is 4.90 Å². The van der Waals surface area contributed by atoms with Crippen molar-refractivity contribution in [2.45, 2.75) is 25.7 Å². The first-order valence-electron chi connectivity index (χ1n) is 5.69. The maximum atomic E-state index is 11.8. The maximum Gasteiger partial charge on any atom is 0.152 e. The first-order chi connectivity index (χ1) is 6.86. The third-order valence-electron chi connectivity index (χ3n) is 3.21. The second kappa shape index (κ2) is 4.89. The molecule has 0 bridgehead atoms. The van der Waals surface area contributed by atoms with Gasteiger partial charge in [-0.2, -0.15) is 0 Å². The van der Waals surface area contributed by atoms with Crippen LogP contribution in [-0.2, 0) is 9.53 Å². The van der Waals surface area contributed by atoms with Gasteiger partial charge in [-0.05, 0) is 32.4 Å². The second-order valence-corrected chi connectivity index (χ2v) is 4.36. The molecule has 0 N–H and O–H groups in total. The Hall–Kier alpha value is -0.410. The summed E-state index contributed by atoms with van der Waals surface area (Å²) in [5.74, 6) is 0.585. The van der Waals surface area contributed by atoms with Crippen molar-refractivity contribution in [2.75, 3.05) is 32.8 Å². The summed E-state index contributed by atoms with van der Waals surface area (Å²) >= 11 is 0. The zero-order chi connectivity index (χ0) is 9.80. The molecule has 0 aromatic carbocycles. The van der Waals surface area contributed by atoms with Crippen molar-refractivity contribution in [3.8, 4) is 0 Å². The number of hydrogen-bond acceptors (Lipinski definition) is 3. The van der Waals surface area contributed by atoms with Gasteiger partial charge in [0, 0.05) is 12.5 Å². The minimum Gasteiger partial charge on any atom is -0.381 e. The molecule has 3 heteroatoms. The molecule has 2 heterocycles. The first-order valence-corrected chi connectivity index (χ1v) is 5.69. The Kier molecular flexibility index (Phi) is 3.54. The van der Waals surface area contributed by atoms with Crippen LogP contribution < -0.4 is 0 Å². The van der Waals surface area contributed by atoms with Crippen LogP contribution in [0.3, 0.4) is 0 Å². The fourth-order valence-electron chi connectivity index (χ4n) is 2.26. The summed E-state index contributed by atoms with van der Waals surface area (Å²) in [7, 11) is 0. The van der Waals surface area contributed by atoms with E-state index in [-0.39, 0.29) is 5.92 Å². The lowest BCUT2D eigenvalue weighted by atomic mass is 10.0. The van der Waals surface area contributed by atoms with Crippen LogP contribution in [-0.4, -0.2) is 43.5 Å². The molecule has 2 saturated heterocycles. The van der Waals surface area contributed by atoms with Crippen LogP contribution in [0.15, 0.2) is 0 Å². The molecule has 0 aromatic rings.